The molecule has 0 aliphatic heterocycles. The highest BCUT2D eigenvalue weighted by molar-refractivity contribution is 5.91. The molecule has 1 amide bonds. The Kier molecular flexibility index (Phi) is 4.86. The summed E-state index contributed by atoms with van der Waals surface area (Å²) in [4.78, 5) is 24.1. The van der Waals surface area contributed by atoms with E-state index >= 15 is 0 Å². The third kappa shape index (κ3) is 3.94. The average Bonchev–Trinajstić information content (AvgIpc) is 2.34. The van der Waals surface area contributed by atoms with Crippen molar-refractivity contribution < 1.29 is 23.8 Å². The number of halogens is 1. The molecule has 0 aromatic heterocycles. The Balaban J connectivity index is 2.80. The number of benzene rings is 1. The maximum atomic E-state index is 13.1. The quantitative estimate of drug-likeness (QED) is 0.884. The molecule has 5 nitrogen and oxygen atoms in total. The molecule has 19 heavy (non-hydrogen) atoms. The smallest absolute Gasteiger partial charge is 0.339 e. The van der Waals surface area contributed by atoms with E-state index in [9.17, 15) is 14.0 Å². The van der Waals surface area contributed by atoms with Gasteiger partial charge in [0, 0.05) is 19.2 Å². The third-order valence-corrected chi connectivity index (χ3v) is 2.69. The summed E-state index contributed by atoms with van der Waals surface area (Å²) in [6.07, 6.45) is 0. The summed E-state index contributed by atoms with van der Waals surface area (Å²) in [5.41, 5.74) is -0.179. The highest BCUT2D eigenvalue weighted by Crippen LogP contribution is 2.20. The van der Waals surface area contributed by atoms with Gasteiger partial charge in [-0.05, 0) is 26.0 Å². The topological polar surface area (TPSA) is 66.8 Å². The Labute approximate surface area is 110 Å². The number of carboxylic acids is 1. The van der Waals surface area contributed by atoms with Crippen LogP contribution in [0.1, 0.15) is 24.2 Å². The molecule has 1 aromatic carbocycles. The minimum absolute atomic E-state index is 0.00236. The van der Waals surface area contributed by atoms with Gasteiger partial charge in [-0.1, -0.05) is 0 Å². The number of ether oxygens (including phenoxy) is 1. The van der Waals surface area contributed by atoms with Gasteiger partial charge in [0.1, 0.15) is 17.1 Å². The maximum Gasteiger partial charge on any atom is 0.339 e. The molecule has 104 valence electrons. The minimum Gasteiger partial charge on any atom is -0.483 e. The fourth-order valence-corrected chi connectivity index (χ4v) is 1.32. The summed E-state index contributed by atoms with van der Waals surface area (Å²) in [6, 6.07) is 3.08. The number of carboxylic acid groups (broad SMARTS) is 1. The van der Waals surface area contributed by atoms with Crippen molar-refractivity contribution in [3.8, 4) is 5.75 Å². The Morgan fingerprint density at radius 3 is 2.58 bits per heavy atom. The van der Waals surface area contributed by atoms with Crippen LogP contribution in [0.2, 0.25) is 0 Å². The average molecular weight is 269 g/mol. The Bertz CT molecular complexity index is 488. The van der Waals surface area contributed by atoms with Crippen LogP contribution in [-0.2, 0) is 4.79 Å². The number of hydrogen-bond acceptors (Lipinski definition) is 3. The van der Waals surface area contributed by atoms with Gasteiger partial charge >= 0.3 is 5.97 Å². The molecule has 1 aromatic rings. The van der Waals surface area contributed by atoms with E-state index in [0.717, 1.165) is 18.2 Å². The van der Waals surface area contributed by atoms with Crippen LogP contribution in [0.3, 0.4) is 0 Å². The van der Waals surface area contributed by atoms with Gasteiger partial charge in [-0.25, -0.2) is 9.18 Å². The fourth-order valence-electron chi connectivity index (χ4n) is 1.32. The lowest BCUT2D eigenvalue weighted by molar-refractivity contribution is -0.133. The van der Waals surface area contributed by atoms with Gasteiger partial charge < -0.3 is 14.7 Å². The van der Waals surface area contributed by atoms with Gasteiger partial charge in [0.05, 0.1) is 0 Å². The predicted molar refractivity (Wildman–Crippen MR) is 66.8 cm³/mol. The molecule has 0 heterocycles. The van der Waals surface area contributed by atoms with E-state index in [1.165, 1.54) is 4.90 Å². The lowest BCUT2D eigenvalue weighted by atomic mass is 10.2. The van der Waals surface area contributed by atoms with E-state index < -0.39 is 11.8 Å². The Hall–Kier alpha value is -2.11. The highest BCUT2D eigenvalue weighted by Gasteiger charge is 2.16. The zero-order chi connectivity index (χ0) is 14.6. The lowest BCUT2D eigenvalue weighted by Crippen LogP contribution is -2.36. The van der Waals surface area contributed by atoms with Gasteiger partial charge in [-0.15, -0.1) is 0 Å². The zero-order valence-corrected chi connectivity index (χ0v) is 11.0. The summed E-state index contributed by atoms with van der Waals surface area (Å²) in [6.45, 7) is 3.34. The van der Waals surface area contributed by atoms with E-state index in [1.807, 2.05) is 13.8 Å². The second-order valence-electron chi connectivity index (χ2n) is 4.33. The molecule has 0 fully saturated rings. The van der Waals surface area contributed by atoms with Crippen LogP contribution in [0.4, 0.5) is 4.39 Å². The summed E-state index contributed by atoms with van der Waals surface area (Å²) in [7, 11) is 1.61. The van der Waals surface area contributed by atoms with Crippen molar-refractivity contribution in [1.29, 1.82) is 0 Å². The van der Waals surface area contributed by atoms with Crippen molar-refractivity contribution in [1.82, 2.24) is 4.90 Å². The van der Waals surface area contributed by atoms with Crippen molar-refractivity contribution in [2.75, 3.05) is 13.7 Å². The van der Waals surface area contributed by atoms with Crippen molar-refractivity contribution >= 4 is 11.9 Å². The van der Waals surface area contributed by atoms with Crippen LogP contribution in [0, 0.1) is 5.82 Å². The van der Waals surface area contributed by atoms with E-state index in [1.54, 1.807) is 7.05 Å². The molecule has 1 rings (SSSR count). The normalized spacial score (nSPS) is 10.4. The van der Waals surface area contributed by atoms with Gasteiger partial charge in [0.25, 0.3) is 5.91 Å². The minimum atomic E-state index is -1.24. The SMILES string of the molecule is CC(C)N(C)C(=O)COc1cc(F)ccc1C(=O)O. The molecular weight excluding hydrogens is 253 g/mol. The molecule has 0 spiro atoms. The Morgan fingerprint density at radius 2 is 2.05 bits per heavy atom. The Morgan fingerprint density at radius 1 is 1.42 bits per heavy atom. The summed E-state index contributed by atoms with van der Waals surface area (Å²) in [5.74, 6) is -2.32. The molecule has 0 bridgehead atoms. The number of carbonyl (C=O) groups is 2. The number of likely N-dealkylation sites (N-methyl/N-ethyl adjacent to an activating group) is 1. The molecule has 0 aliphatic rings. The standard InChI is InChI=1S/C13H16FNO4/c1-8(2)15(3)12(16)7-19-11-6-9(14)4-5-10(11)13(17)18/h4-6,8H,7H2,1-3H3,(H,17,18). The van der Waals surface area contributed by atoms with Gasteiger partial charge in [-0.3, -0.25) is 4.79 Å². The van der Waals surface area contributed by atoms with Crippen LogP contribution >= 0.6 is 0 Å². The third-order valence-electron chi connectivity index (χ3n) is 2.69. The number of nitrogens with zero attached hydrogens (tertiary/aromatic N) is 1. The van der Waals surface area contributed by atoms with Crippen LogP contribution in [0.25, 0.3) is 0 Å². The second kappa shape index (κ2) is 6.17. The summed E-state index contributed by atoms with van der Waals surface area (Å²) < 4.78 is 18.2. The maximum absolute atomic E-state index is 13.1. The summed E-state index contributed by atoms with van der Waals surface area (Å²) in [5, 5.41) is 8.92. The van der Waals surface area contributed by atoms with Crippen LogP contribution < -0.4 is 4.74 Å². The molecule has 0 saturated carbocycles. The van der Waals surface area contributed by atoms with E-state index in [0.29, 0.717) is 0 Å². The summed E-state index contributed by atoms with van der Waals surface area (Å²) >= 11 is 0. The van der Waals surface area contributed by atoms with E-state index in [2.05, 4.69) is 0 Å². The van der Waals surface area contributed by atoms with Crippen molar-refractivity contribution in [2.24, 2.45) is 0 Å². The number of aromatic carboxylic acids is 1. The van der Waals surface area contributed by atoms with Crippen molar-refractivity contribution in [3.63, 3.8) is 0 Å². The molecular formula is C13H16FNO4. The van der Waals surface area contributed by atoms with Crippen LogP contribution in [-0.4, -0.2) is 41.6 Å². The molecule has 0 saturated heterocycles. The molecule has 0 atom stereocenters. The highest BCUT2D eigenvalue weighted by atomic mass is 19.1. The monoisotopic (exact) mass is 269 g/mol. The van der Waals surface area contributed by atoms with Crippen molar-refractivity contribution in [3.05, 3.63) is 29.6 Å². The molecule has 1 N–H and O–H groups in total. The van der Waals surface area contributed by atoms with Gasteiger partial charge in [0.2, 0.25) is 0 Å². The largest absolute Gasteiger partial charge is 0.483 e. The van der Waals surface area contributed by atoms with E-state index in [4.69, 9.17) is 9.84 Å². The second-order valence-corrected chi connectivity index (χ2v) is 4.33. The first-order valence-corrected chi connectivity index (χ1v) is 5.74. The number of rotatable bonds is 5. The van der Waals surface area contributed by atoms with Crippen molar-refractivity contribution in [2.45, 2.75) is 19.9 Å². The first-order valence-electron chi connectivity index (χ1n) is 5.74. The molecule has 0 aliphatic carbocycles. The van der Waals surface area contributed by atoms with Gasteiger partial charge in [-0.2, -0.15) is 0 Å². The van der Waals surface area contributed by atoms with Crippen LogP contribution in [0.5, 0.6) is 5.75 Å². The number of carbonyl (C=O) groups excluding carboxylic acids is 1. The number of amides is 1. The molecule has 0 unspecified atom stereocenters. The van der Waals surface area contributed by atoms with Gasteiger partial charge in [0.15, 0.2) is 6.61 Å². The molecule has 6 heteroatoms. The first kappa shape index (κ1) is 14.9. The zero-order valence-electron chi connectivity index (χ0n) is 11.0. The molecule has 0 radical (unpaired) electrons. The lowest BCUT2D eigenvalue weighted by Gasteiger charge is -2.21. The predicted octanol–water partition coefficient (Wildman–Crippen LogP) is 1.77. The number of hydrogen-bond donors (Lipinski definition) is 1. The first-order chi connectivity index (χ1) is 8.82. The van der Waals surface area contributed by atoms with Crippen LogP contribution in [0.15, 0.2) is 18.2 Å². The fraction of sp³-hybridized carbons (Fsp3) is 0.385. The van der Waals surface area contributed by atoms with E-state index in [-0.39, 0.29) is 29.9 Å².